The van der Waals surface area contributed by atoms with Gasteiger partial charge in [-0.2, -0.15) is 0 Å². The summed E-state index contributed by atoms with van der Waals surface area (Å²) in [5.74, 6) is 0.709. The second-order valence-corrected chi connectivity index (χ2v) is 4.69. The number of nitrogens with two attached hydrogens (primary N) is 1. The summed E-state index contributed by atoms with van der Waals surface area (Å²) in [5, 5.41) is 3.26. The standard InChI is InChI=1S/C13H14BrN3O/c1-8-11(4-3-5-16-8)17-12-6-9(14)13(18-2)7-10(12)15/h3-7,17H,15H2,1-2H3. The van der Waals surface area contributed by atoms with Gasteiger partial charge >= 0.3 is 0 Å². The normalized spacial score (nSPS) is 10.2. The first-order valence-corrected chi connectivity index (χ1v) is 6.22. The lowest BCUT2D eigenvalue weighted by atomic mass is 10.2. The Kier molecular flexibility index (Phi) is 3.72. The van der Waals surface area contributed by atoms with E-state index in [1.807, 2.05) is 25.1 Å². The van der Waals surface area contributed by atoms with Gasteiger partial charge in [-0.05, 0) is 41.1 Å². The Bertz CT molecular complexity index is 572. The zero-order valence-corrected chi connectivity index (χ0v) is 11.8. The number of pyridine rings is 1. The van der Waals surface area contributed by atoms with E-state index in [0.29, 0.717) is 11.4 Å². The van der Waals surface area contributed by atoms with Gasteiger partial charge < -0.3 is 15.8 Å². The summed E-state index contributed by atoms with van der Waals surface area (Å²) in [6.45, 7) is 1.94. The molecule has 1 heterocycles. The minimum atomic E-state index is 0.623. The third-order valence-corrected chi connectivity index (χ3v) is 3.22. The predicted octanol–water partition coefficient (Wildman–Crippen LogP) is 3.49. The van der Waals surface area contributed by atoms with Crippen LogP contribution in [0.4, 0.5) is 17.1 Å². The van der Waals surface area contributed by atoms with Crippen LogP contribution in [0.1, 0.15) is 5.69 Å². The van der Waals surface area contributed by atoms with E-state index in [-0.39, 0.29) is 0 Å². The number of nitrogens with one attached hydrogen (secondary N) is 1. The van der Waals surface area contributed by atoms with Crippen molar-refractivity contribution in [3.63, 3.8) is 0 Å². The average Bonchev–Trinajstić information content (AvgIpc) is 2.36. The molecule has 2 aromatic rings. The number of aromatic nitrogens is 1. The molecule has 0 aliphatic heterocycles. The molecule has 5 heteroatoms. The van der Waals surface area contributed by atoms with Gasteiger partial charge in [0.2, 0.25) is 0 Å². The van der Waals surface area contributed by atoms with Crippen LogP contribution in [0.15, 0.2) is 34.9 Å². The maximum Gasteiger partial charge on any atom is 0.135 e. The lowest BCUT2D eigenvalue weighted by molar-refractivity contribution is 0.412. The van der Waals surface area contributed by atoms with Gasteiger partial charge in [0.05, 0.1) is 34.3 Å². The van der Waals surface area contributed by atoms with Crippen molar-refractivity contribution in [2.24, 2.45) is 0 Å². The van der Waals surface area contributed by atoms with Gasteiger partial charge in [-0.3, -0.25) is 4.98 Å². The Morgan fingerprint density at radius 1 is 1.33 bits per heavy atom. The quantitative estimate of drug-likeness (QED) is 0.852. The molecular formula is C13H14BrN3O. The van der Waals surface area contributed by atoms with Crippen LogP contribution in [-0.2, 0) is 0 Å². The Hall–Kier alpha value is -1.75. The largest absolute Gasteiger partial charge is 0.495 e. The SMILES string of the molecule is COc1cc(N)c(Nc2cccnc2C)cc1Br. The molecule has 1 aromatic carbocycles. The van der Waals surface area contributed by atoms with Gasteiger partial charge in [0.1, 0.15) is 5.75 Å². The Morgan fingerprint density at radius 3 is 2.78 bits per heavy atom. The molecule has 94 valence electrons. The maximum absolute atomic E-state index is 5.98. The number of anilines is 3. The Labute approximate surface area is 114 Å². The highest BCUT2D eigenvalue weighted by molar-refractivity contribution is 9.10. The zero-order chi connectivity index (χ0) is 13.1. The van der Waals surface area contributed by atoms with Crippen molar-refractivity contribution in [3.8, 4) is 5.75 Å². The van der Waals surface area contributed by atoms with Gasteiger partial charge in [-0.1, -0.05) is 0 Å². The number of ether oxygens (including phenoxy) is 1. The molecule has 18 heavy (non-hydrogen) atoms. The molecule has 0 bridgehead atoms. The van der Waals surface area contributed by atoms with E-state index in [4.69, 9.17) is 10.5 Å². The third kappa shape index (κ3) is 2.56. The number of hydrogen-bond donors (Lipinski definition) is 2. The third-order valence-electron chi connectivity index (χ3n) is 2.60. The molecule has 1 aromatic heterocycles. The van der Waals surface area contributed by atoms with Crippen LogP contribution in [-0.4, -0.2) is 12.1 Å². The minimum absolute atomic E-state index is 0.623. The van der Waals surface area contributed by atoms with E-state index in [9.17, 15) is 0 Å². The number of halogens is 1. The lowest BCUT2D eigenvalue weighted by Gasteiger charge is -2.13. The summed E-state index contributed by atoms with van der Waals surface area (Å²) >= 11 is 3.44. The number of aryl methyl sites for hydroxylation is 1. The number of benzene rings is 1. The second-order valence-electron chi connectivity index (χ2n) is 3.84. The number of nitrogens with zero attached hydrogens (tertiary/aromatic N) is 1. The Balaban J connectivity index is 2.35. The fourth-order valence-corrected chi connectivity index (χ4v) is 2.10. The molecule has 4 nitrogen and oxygen atoms in total. The first-order valence-electron chi connectivity index (χ1n) is 5.43. The van der Waals surface area contributed by atoms with Crippen molar-refractivity contribution in [1.29, 1.82) is 0 Å². The molecule has 0 atom stereocenters. The number of rotatable bonds is 3. The van der Waals surface area contributed by atoms with Crippen molar-refractivity contribution in [2.45, 2.75) is 6.92 Å². The highest BCUT2D eigenvalue weighted by Gasteiger charge is 2.08. The Morgan fingerprint density at radius 2 is 2.11 bits per heavy atom. The van der Waals surface area contributed by atoms with Gasteiger partial charge in [-0.15, -0.1) is 0 Å². The first kappa shape index (κ1) is 12.7. The predicted molar refractivity (Wildman–Crippen MR) is 77.4 cm³/mol. The van der Waals surface area contributed by atoms with Gasteiger partial charge in [0.15, 0.2) is 0 Å². The van der Waals surface area contributed by atoms with Crippen LogP contribution in [0.5, 0.6) is 5.75 Å². The summed E-state index contributed by atoms with van der Waals surface area (Å²) in [6.07, 6.45) is 1.76. The lowest BCUT2D eigenvalue weighted by Crippen LogP contribution is -1.99. The molecule has 0 radical (unpaired) electrons. The number of hydrogen-bond acceptors (Lipinski definition) is 4. The maximum atomic E-state index is 5.98. The fraction of sp³-hybridized carbons (Fsp3) is 0.154. The molecule has 0 aliphatic rings. The fourth-order valence-electron chi connectivity index (χ4n) is 1.60. The number of methoxy groups -OCH3 is 1. The van der Waals surface area contributed by atoms with Crippen LogP contribution in [0.25, 0.3) is 0 Å². The van der Waals surface area contributed by atoms with Crippen molar-refractivity contribution < 1.29 is 4.74 Å². The molecule has 2 rings (SSSR count). The molecule has 0 spiro atoms. The van der Waals surface area contributed by atoms with Gasteiger partial charge in [0, 0.05) is 12.3 Å². The topological polar surface area (TPSA) is 60.2 Å². The molecule has 0 aliphatic carbocycles. The highest BCUT2D eigenvalue weighted by Crippen LogP contribution is 2.34. The van der Waals surface area contributed by atoms with Crippen LogP contribution in [0, 0.1) is 6.92 Å². The van der Waals surface area contributed by atoms with Crippen LogP contribution < -0.4 is 15.8 Å². The van der Waals surface area contributed by atoms with Crippen molar-refractivity contribution in [1.82, 2.24) is 4.98 Å². The van der Waals surface area contributed by atoms with E-state index < -0.39 is 0 Å². The summed E-state index contributed by atoms with van der Waals surface area (Å²) in [4.78, 5) is 4.22. The van der Waals surface area contributed by atoms with E-state index in [1.54, 1.807) is 19.4 Å². The van der Waals surface area contributed by atoms with Gasteiger partial charge in [-0.25, -0.2) is 0 Å². The van der Waals surface area contributed by atoms with Gasteiger partial charge in [0.25, 0.3) is 0 Å². The second kappa shape index (κ2) is 5.27. The highest BCUT2D eigenvalue weighted by atomic mass is 79.9. The molecule has 0 fully saturated rings. The minimum Gasteiger partial charge on any atom is -0.495 e. The molecule has 0 unspecified atom stereocenters. The smallest absolute Gasteiger partial charge is 0.135 e. The average molecular weight is 308 g/mol. The van der Waals surface area contributed by atoms with E-state index in [1.165, 1.54) is 0 Å². The van der Waals surface area contributed by atoms with Crippen LogP contribution in [0.2, 0.25) is 0 Å². The number of nitrogen functional groups attached to an aromatic ring is 1. The van der Waals surface area contributed by atoms with E-state index in [0.717, 1.165) is 21.5 Å². The molecule has 0 saturated carbocycles. The van der Waals surface area contributed by atoms with Crippen molar-refractivity contribution in [3.05, 3.63) is 40.6 Å². The zero-order valence-electron chi connectivity index (χ0n) is 10.2. The van der Waals surface area contributed by atoms with Crippen molar-refractivity contribution >= 4 is 33.0 Å². The molecule has 3 N–H and O–H groups in total. The summed E-state index contributed by atoms with van der Waals surface area (Å²) in [7, 11) is 1.61. The molecular weight excluding hydrogens is 294 g/mol. The first-order chi connectivity index (χ1) is 8.61. The summed E-state index contributed by atoms with van der Waals surface area (Å²) < 4.78 is 6.04. The monoisotopic (exact) mass is 307 g/mol. The molecule has 0 saturated heterocycles. The van der Waals surface area contributed by atoms with Crippen LogP contribution in [0.3, 0.4) is 0 Å². The van der Waals surface area contributed by atoms with Crippen molar-refractivity contribution in [2.75, 3.05) is 18.2 Å². The molecule has 0 amide bonds. The summed E-state index contributed by atoms with van der Waals surface area (Å²) in [5.41, 5.74) is 9.27. The summed E-state index contributed by atoms with van der Waals surface area (Å²) in [6, 6.07) is 7.50. The van der Waals surface area contributed by atoms with E-state index in [2.05, 4.69) is 26.2 Å². The van der Waals surface area contributed by atoms with Crippen LogP contribution >= 0.6 is 15.9 Å². The van der Waals surface area contributed by atoms with E-state index >= 15 is 0 Å².